The topological polar surface area (TPSA) is 58.5 Å². The molecule has 4 nitrogen and oxygen atoms in total. The van der Waals surface area contributed by atoms with Gasteiger partial charge in [-0.25, -0.2) is 4.83 Å². The van der Waals surface area contributed by atoms with Crippen LogP contribution in [-0.2, 0) is 10.0 Å². The summed E-state index contributed by atoms with van der Waals surface area (Å²) in [6.07, 6.45) is 1.30. The molecule has 0 heterocycles. The standard InChI is InChI=1S/C13H10Cl2N2O2S/c14-12-8-4-5-10(13(12)15)9-16-17-20(18,19)11-6-2-1-3-7-11/h1-9,17H. The molecule has 0 aliphatic heterocycles. The van der Waals surface area contributed by atoms with Crippen molar-refractivity contribution in [2.24, 2.45) is 5.10 Å². The van der Waals surface area contributed by atoms with Crippen LogP contribution in [0.2, 0.25) is 10.0 Å². The average molecular weight is 329 g/mol. The van der Waals surface area contributed by atoms with Gasteiger partial charge in [0.1, 0.15) is 0 Å². The number of sulfonamides is 1. The Hall–Kier alpha value is -1.56. The number of rotatable bonds is 4. The molecule has 0 aliphatic rings. The van der Waals surface area contributed by atoms with E-state index < -0.39 is 10.0 Å². The molecule has 2 aromatic carbocycles. The molecule has 0 radical (unpaired) electrons. The van der Waals surface area contributed by atoms with E-state index in [4.69, 9.17) is 23.2 Å². The van der Waals surface area contributed by atoms with Crippen LogP contribution in [0.25, 0.3) is 0 Å². The van der Waals surface area contributed by atoms with E-state index >= 15 is 0 Å². The van der Waals surface area contributed by atoms with Crippen LogP contribution in [0, 0.1) is 0 Å². The molecule has 0 amide bonds. The zero-order chi connectivity index (χ0) is 14.6. The summed E-state index contributed by atoms with van der Waals surface area (Å²) >= 11 is 11.8. The van der Waals surface area contributed by atoms with Crippen LogP contribution in [0.15, 0.2) is 58.5 Å². The van der Waals surface area contributed by atoms with E-state index in [9.17, 15) is 8.42 Å². The maximum absolute atomic E-state index is 11.9. The lowest BCUT2D eigenvalue weighted by molar-refractivity contribution is 0.584. The smallest absolute Gasteiger partial charge is 0.200 e. The average Bonchev–Trinajstić information content (AvgIpc) is 2.44. The molecule has 20 heavy (non-hydrogen) atoms. The Kier molecular flexibility index (Phi) is 4.65. The summed E-state index contributed by atoms with van der Waals surface area (Å²) in [5.74, 6) is 0. The molecule has 0 spiro atoms. The van der Waals surface area contributed by atoms with Crippen molar-refractivity contribution in [3.8, 4) is 0 Å². The monoisotopic (exact) mass is 328 g/mol. The van der Waals surface area contributed by atoms with Gasteiger partial charge in [-0.15, -0.1) is 0 Å². The Labute approximate surface area is 127 Å². The predicted molar refractivity (Wildman–Crippen MR) is 80.8 cm³/mol. The van der Waals surface area contributed by atoms with E-state index in [1.54, 1.807) is 36.4 Å². The predicted octanol–water partition coefficient (Wildman–Crippen LogP) is 3.31. The fourth-order valence-corrected chi connectivity index (χ4v) is 2.61. The van der Waals surface area contributed by atoms with Gasteiger partial charge in [-0.1, -0.05) is 53.5 Å². The highest BCUT2D eigenvalue weighted by Gasteiger charge is 2.11. The molecule has 2 rings (SSSR count). The van der Waals surface area contributed by atoms with Crippen molar-refractivity contribution in [2.75, 3.05) is 0 Å². The van der Waals surface area contributed by atoms with Crippen LogP contribution >= 0.6 is 23.2 Å². The minimum Gasteiger partial charge on any atom is -0.200 e. The Morgan fingerprint density at radius 1 is 1.00 bits per heavy atom. The molecule has 1 N–H and O–H groups in total. The second kappa shape index (κ2) is 6.26. The Morgan fingerprint density at radius 3 is 2.40 bits per heavy atom. The summed E-state index contributed by atoms with van der Waals surface area (Å²) in [4.78, 5) is 2.24. The number of hydrogen-bond acceptors (Lipinski definition) is 3. The number of hydrazone groups is 1. The van der Waals surface area contributed by atoms with Gasteiger partial charge >= 0.3 is 0 Å². The van der Waals surface area contributed by atoms with Gasteiger partial charge in [-0.05, 0) is 18.2 Å². The van der Waals surface area contributed by atoms with Gasteiger partial charge in [0.05, 0.1) is 21.2 Å². The van der Waals surface area contributed by atoms with E-state index in [0.29, 0.717) is 15.6 Å². The van der Waals surface area contributed by atoms with Gasteiger partial charge in [-0.3, -0.25) is 0 Å². The molecule has 2 aromatic rings. The van der Waals surface area contributed by atoms with Crippen LogP contribution in [0.3, 0.4) is 0 Å². The van der Waals surface area contributed by atoms with Crippen molar-refractivity contribution in [1.82, 2.24) is 4.83 Å². The maximum Gasteiger partial charge on any atom is 0.276 e. The van der Waals surface area contributed by atoms with Crippen molar-refractivity contribution in [1.29, 1.82) is 0 Å². The van der Waals surface area contributed by atoms with Gasteiger partial charge in [0.25, 0.3) is 10.0 Å². The number of nitrogens with zero attached hydrogens (tertiary/aromatic N) is 1. The SMILES string of the molecule is O=S(=O)(NN=Cc1cccc(Cl)c1Cl)c1ccccc1. The van der Waals surface area contributed by atoms with Crippen molar-refractivity contribution in [2.45, 2.75) is 4.90 Å². The normalized spacial score (nSPS) is 11.7. The van der Waals surface area contributed by atoms with E-state index in [-0.39, 0.29) is 4.90 Å². The highest BCUT2D eigenvalue weighted by atomic mass is 35.5. The van der Waals surface area contributed by atoms with Crippen molar-refractivity contribution in [3.63, 3.8) is 0 Å². The third-order valence-corrected chi connectivity index (χ3v) is 4.48. The molecule has 0 atom stereocenters. The van der Waals surface area contributed by atoms with Gasteiger partial charge in [0, 0.05) is 5.56 Å². The molecule has 0 fully saturated rings. The van der Waals surface area contributed by atoms with Gasteiger partial charge in [0.2, 0.25) is 0 Å². The maximum atomic E-state index is 11.9. The Balaban J connectivity index is 2.16. The lowest BCUT2D eigenvalue weighted by atomic mass is 10.2. The van der Waals surface area contributed by atoms with Crippen molar-refractivity contribution < 1.29 is 8.42 Å². The van der Waals surface area contributed by atoms with Crippen LogP contribution in [0.5, 0.6) is 0 Å². The fraction of sp³-hybridized carbons (Fsp3) is 0. The summed E-state index contributed by atoms with van der Waals surface area (Å²) in [7, 11) is -3.68. The van der Waals surface area contributed by atoms with E-state index in [0.717, 1.165) is 0 Å². The van der Waals surface area contributed by atoms with Crippen LogP contribution in [0.4, 0.5) is 0 Å². The van der Waals surface area contributed by atoms with Crippen LogP contribution in [-0.4, -0.2) is 14.6 Å². The first kappa shape index (κ1) is 14.8. The third-order valence-electron chi connectivity index (χ3n) is 2.41. The molecular formula is C13H10Cl2N2O2S. The van der Waals surface area contributed by atoms with Gasteiger partial charge in [-0.2, -0.15) is 13.5 Å². The van der Waals surface area contributed by atoms with Crippen molar-refractivity contribution in [3.05, 3.63) is 64.1 Å². The molecule has 0 aliphatic carbocycles. The second-order valence-corrected chi connectivity index (χ2v) is 6.26. The quantitative estimate of drug-likeness (QED) is 0.691. The first-order chi connectivity index (χ1) is 9.50. The van der Waals surface area contributed by atoms with E-state index in [2.05, 4.69) is 9.93 Å². The molecule has 0 saturated carbocycles. The highest BCUT2D eigenvalue weighted by molar-refractivity contribution is 7.89. The zero-order valence-electron chi connectivity index (χ0n) is 10.1. The van der Waals surface area contributed by atoms with E-state index in [1.807, 2.05) is 0 Å². The minimum absolute atomic E-state index is 0.134. The molecule has 0 unspecified atom stereocenters. The number of hydrogen-bond donors (Lipinski definition) is 1. The van der Waals surface area contributed by atoms with Crippen LogP contribution < -0.4 is 4.83 Å². The molecule has 0 bridgehead atoms. The first-order valence-electron chi connectivity index (χ1n) is 5.54. The van der Waals surface area contributed by atoms with Gasteiger partial charge < -0.3 is 0 Å². The first-order valence-corrected chi connectivity index (χ1v) is 7.78. The molecular weight excluding hydrogens is 319 g/mol. The third kappa shape index (κ3) is 3.50. The number of halogens is 2. The molecule has 0 aromatic heterocycles. The summed E-state index contributed by atoms with van der Waals surface area (Å²) in [5, 5.41) is 4.38. The fourth-order valence-electron chi connectivity index (χ4n) is 1.44. The summed E-state index contributed by atoms with van der Waals surface area (Å²) in [6, 6.07) is 13.0. The minimum atomic E-state index is -3.68. The Bertz CT molecular complexity index is 731. The molecule has 0 saturated heterocycles. The van der Waals surface area contributed by atoms with Gasteiger partial charge in [0.15, 0.2) is 0 Å². The summed E-state index contributed by atoms with van der Waals surface area (Å²) in [5.41, 5.74) is 0.523. The lowest BCUT2D eigenvalue weighted by Crippen LogP contribution is -2.18. The summed E-state index contributed by atoms with van der Waals surface area (Å²) < 4.78 is 23.8. The Morgan fingerprint density at radius 2 is 1.70 bits per heavy atom. The second-order valence-electron chi connectivity index (χ2n) is 3.81. The zero-order valence-corrected chi connectivity index (χ0v) is 12.5. The summed E-state index contributed by atoms with van der Waals surface area (Å²) in [6.45, 7) is 0. The molecule has 7 heteroatoms. The highest BCUT2D eigenvalue weighted by Crippen LogP contribution is 2.24. The van der Waals surface area contributed by atoms with Crippen molar-refractivity contribution >= 4 is 39.4 Å². The number of nitrogens with one attached hydrogen (secondary N) is 1. The molecule has 104 valence electrons. The van der Waals surface area contributed by atoms with Crippen LogP contribution in [0.1, 0.15) is 5.56 Å². The lowest BCUT2D eigenvalue weighted by Gasteiger charge is -2.03. The largest absolute Gasteiger partial charge is 0.276 e. The van der Waals surface area contributed by atoms with E-state index in [1.165, 1.54) is 18.3 Å². The number of benzene rings is 2.